The Labute approximate surface area is 118 Å². The van der Waals surface area contributed by atoms with E-state index in [-0.39, 0.29) is 4.87 Å². The molecule has 106 valence electrons. The fraction of sp³-hybridized carbons (Fsp3) is 0.733. The van der Waals surface area contributed by atoms with Crippen molar-refractivity contribution in [3.05, 3.63) is 25.2 Å². The van der Waals surface area contributed by atoms with Gasteiger partial charge in [-0.25, -0.2) is 0 Å². The molecule has 0 radical (unpaired) electrons. The van der Waals surface area contributed by atoms with Gasteiger partial charge in [0.2, 0.25) is 0 Å². The molecule has 0 heterocycles. The third-order valence-electron chi connectivity index (χ3n) is 3.01. The maximum absolute atomic E-state index is 3.95. The van der Waals surface area contributed by atoms with Crippen molar-refractivity contribution >= 4 is 11.8 Å². The minimum Gasteiger partial charge on any atom is -0.393 e. The normalized spacial score (nSPS) is 14.4. The van der Waals surface area contributed by atoms with Crippen LogP contribution in [-0.2, 0) is 0 Å². The average Bonchev–Trinajstić information content (AvgIpc) is 2.37. The lowest BCUT2D eigenvalue weighted by Crippen LogP contribution is -2.37. The van der Waals surface area contributed by atoms with E-state index in [2.05, 4.69) is 43.8 Å². The first-order valence-corrected chi connectivity index (χ1v) is 8.02. The van der Waals surface area contributed by atoms with Crippen molar-refractivity contribution in [1.82, 2.24) is 10.2 Å². The van der Waals surface area contributed by atoms with Gasteiger partial charge in [0.05, 0.1) is 4.87 Å². The highest BCUT2D eigenvalue weighted by molar-refractivity contribution is 8.00. The molecule has 0 amide bonds. The van der Waals surface area contributed by atoms with Gasteiger partial charge in [-0.2, -0.15) is 0 Å². The topological polar surface area (TPSA) is 15.3 Å². The summed E-state index contributed by atoms with van der Waals surface area (Å²) in [6.45, 7) is 10.8. The Morgan fingerprint density at radius 2 is 2.00 bits per heavy atom. The van der Waals surface area contributed by atoms with Crippen LogP contribution in [0.4, 0.5) is 0 Å². The molecule has 0 rings (SSSR count). The third-order valence-corrected chi connectivity index (χ3v) is 4.66. The molecule has 0 aromatic heterocycles. The zero-order valence-electron chi connectivity index (χ0n) is 12.5. The molecule has 2 nitrogen and oxygen atoms in total. The number of hydrogen-bond donors (Lipinski definition) is 1. The Hall–Kier alpha value is -0.570. The van der Waals surface area contributed by atoms with E-state index < -0.39 is 0 Å². The van der Waals surface area contributed by atoms with Gasteiger partial charge in [0.15, 0.2) is 0 Å². The molecular formula is C15H30N2S. The van der Waals surface area contributed by atoms with E-state index in [4.69, 9.17) is 0 Å². The summed E-state index contributed by atoms with van der Waals surface area (Å²) in [5.74, 6) is 1.19. The van der Waals surface area contributed by atoms with E-state index in [1.165, 1.54) is 37.9 Å². The predicted molar refractivity (Wildman–Crippen MR) is 85.5 cm³/mol. The third kappa shape index (κ3) is 6.39. The molecule has 0 spiro atoms. The van der Waals surface area contributed by atoms with Gasteiger partial charge < -0.3 is 10.2 Å². The van der Waals surface area contributed by atoms with E-state index in [0.29, 0.717) is 0 Å². The lowest BCUT2D eigenvalue weighted by molar-refractivity contribution is 0.318. The molecule has 1 unspecified atom stereocenters. The summed E-state index contributed by atoms with van der Waals surface area (Å²) in [5.41, 5.74) is 0. The van der Waals surface area contributed by atoms with E-state index in [0.717, 1.165) is 0 Å². The van der Waals surface area contributed by atoms with Crippen LogP contribution < -0.4 is 5.32 Å². The lowest BCUT2D eigenvalue weighted by Gasteiger charge is -2.38. The monoisotopic (exact) mass is 270 g/mol. The van der Waals surface area contributed by atoms with Crippen LogP contribution in [0.2, 0.25) is 0 Å². The summed E-state index contributed by atoms with van der Waals surface area (Å²) < 4.78 is 0. The Morgan fingerprint density at radius 1 is 1.28 bits per heavy atom. The lowest BCUT2D eigenvalue weighted by atomic mass is 10.1. The quantitative estimate of drug-likeness (QED) is 0.437. The average molecular weight is 270 g/mol. The summed E-state index contributed by atoms with van der Waals surface area (Å²) in [4.78, 5) is 2.36. The van der Waals surface area contributed by atoms with Gasteiger partial charge in [-0.15, -0.1) is 11.8 Å². The first-order chi connectivity index (χ1) is 8.64. The molecule has 1 N–H and O–H groups in total. The summed E-state index contributed by atoms with van der Waals surface area (Å²) in [7, 11) is 1.92. The van der Waals surface area contributed by atoms with Gasteiger partial charge in [-0.05, 0) is 31.7 Å². The van der Waals surface area contributed by atoms with Gasteiger partial charge >= 0.3 is 0 Å². The van der Waals surface area contributed by atoms with Gasteiger partial charge in [-0.3, -0.25) is 0 Å². The SMILES string of the molecule is C=CN(/C=C\NC)C(C)(CCCCC)SCCC. The van der Waals surface area contributed by atoms with Crippen molar-refractivity contribution in [2.45, 2.75) is 57.7 Å². The Morgan fingerprint density at radius 3 is 2.50 bits per heavy atom. The largest absolute Gasteiger partial charge is 0.393 e. The second kappa shape index (κ2) is 10.4. The number of hydrogen-bond acceptors (Lipinski definition) is 3. The van der Waals surface area contributed by atoms with Crippen molar-refractivity contribution < 1.29 is 0 Å². The number of unbranched alkanes of at least 4 members (excludes halogenated alkanes) is 2. The number of rotatable bonds is 11. The highest BCUT2D eigenvalue weighted by atomic mass is 32.2. The summed E-state index contributed by atoms with van der Waals surface area (Å²) in [6, 6.07) is 0. The number of nitrogens with one attached hydrogen (secondary N) is 1. The molecule has 0 aliphatic carbocycles. The van der Waals surface area contributed by atoms with Crippen LogP contribution in [0.15, 0.2) is 25.2 Å². The zero-order valence-corrected chi connectivity index (χ0v) is 13.4. The molecule has 18 heavy (non-hydrogen) atoms. The fourth-order valence-corrected chi connectivity index (χ4v) is 3.08. The van der Waals surface area contributed by atoms with Crippen molar-refractivity contribution in [2.24, 2.45) is 0 Å². The van der Waals surface area contributed by atoms with Crippen LogP contribution in [0.1, 0.15) is 52.9 Å². The van der Waals surface area contributed by atoms with Crippen LogP contribution in [0.3, 0.4) is 0 Å². The van der Waals surface area contributed by atoms with Crippen molar-refractivity contribution in [3.63, 3.8) is 0 Å². The highest BCUT2D eigenvalue weighted by Crippen LogP contribution is 2.35. The molecule has 0 saturated heterocycles. The molecule has 3 heteroatoms. The van der Waals surface area contributed by atoms with Crippen LogP contribution in [0.5, 0.6) is 0 Å². The van der Waals surface area contributed by atoms with Gasteiger partial charge in [0, 0.05) is 19.4 Å². The minimum absolute atomic E-state index is 0.125. The molecule has 0 aliphatic heterocycles. The fourth-order valence-electron chi connectivity index (χ4n) is 1.87. The predicted octanol–water partition coefficient (Wildman–Crippen LogP) is 4.56. The van der Waals surface area contributed by atoms with Gasteiger partial charge in [-0.1, -0.05) is 39.7 Å². The van der Waals surface area contributed by atoms with E-state index in [9.17, 15) is 0 Å². The maximum atomic E-state index is 3.95. The van der Waals surface area contributed by atoms with E-state index >= 15 is 0 Å². The molecule has 0 bridgehead atoms. The molecule has 0 aromatic rings. The smallest absolute Gasteiger partial charge is 0.0869 e. The number of nitrogens with zero attached hydrogens (tertiary/aromatic N) is 1. The molecule has 0 saturated carbocycles. The van der Waals surface area contributed by atoms with E-state index in [1.807, 2.05) is 31.2 Å². The first kappa shape index (κ1) is 17.4. The Bertz CT molecular complexity index is 241. The van der Waals surface area contributed by atoms with Crippen molar-refractivity contribution in [2.75, 3.05) is 12.8 Å². The first-order valence-electron chi connectivity index (χ1n) is 7.03. The summed E-state index contributed by atoms with van der Waals surface area (Å²) in [6.07, 6.45) is 12.3. The number of thioether (sulfide) groups is 1. The minimum atomic E-state index is 0.125. The second-order valence-electron chi connectivity index (χ2n) is 4.67. The molecule has 0 aliphatic rings. The van der Waals surface area contributed by atoms with Crippen molar-refractivity contribution in [1.29, 1.82) is 0 Å². The zero-order chi connectivity index (χ0) is 13.9. The second-order valence-corrected chi connectivity index (χ2v) is 6.25. The van der Waals surface area contributed by atoms with Crippen LogP contribution in [0, 0.1) is 0 Å². The van der Waals surface area contributed by atoms with E-state index in [1.54, 1.807) is 0 Å². The Kier molecular flexibility index (Phi) is 10.0. The Balaban J connectivity index is 4.67. The molecule has 0 fully saturated rings. The molecule has 0 aromatic carbocycles. The van der Waals surface area contributed by atoms with Crippen LogP contribution >= 0.6 is 11.8 Å². The van der Waals surface area contributed by atoms with Crippen LogP contribution in [0.25, 0.3) is 0 Å². The summed E-state index contributed by atoms with van der Waals surface area (Å²) >= 11 is 2.03. The standard InChI is InChI=1S/C15H30N2S/c1-6-9-10-11-15(4,18-14-7-2)17(8-3)13-12-16-5/h8,12-13,16H,3,6-7,9-11,14H2,1-2,4-5H3/b13-12-. The van der Waals surface area contributed by atoms with Crippen LogP contribution in [-0.4, -0.2) is 22.6 Å². The molecular weight excluding hydrogens is 240 g/mol. The summed E-state index contributed by atoms with van der Waals surface area (Å²) in [5, 5.41) is 3.05. The molecule has 1 atom stereocenters. The van der Waals surface area contributed by atoms with Gasteiger partial charge in [0.25, 0.3) is 0 Å². The van der Waals surface area contributed by atoms with Crippen molar-refractivity contribution in [3.8, 4) is 0 Å². The highest BCUT2D eigenvalue weighted by Gasteiger charge is 2.28. The maximum Gasteiger partial charge on any atom is 0.0869 e. The van der Waals surface area contributed by atoms with Gasteiger partial charge in [0.1, 0.15) is 0 Å².